The summed E-state index contributed by atoms with van der Waals surface area (Å²) < 4.78 is 5.53. The van der Waals surface area contributed by atoms with Crippen LogP contribution in [0.15, 0.2) is 18.3 Å². The molecule has 2 rings (SSSR count). The van der Waals surface area contributed by atoms with Crippen LogP contribution in [0.1, 0.15) is 32.6 Å². The van der Waals surface area contributed by atoms with Crippen molar-refractivity contribution in [2.24, 2.45) is 5.41 Å². The number of likely N-dealkylation sites (N-methyl/N-ethyl adjacent to an activating group) is 1. The summed E-state index contributed by atoms with van der Waals surface area (Å²) >= 11 is 0. The molecule has 1 N–H and O–H groups in total. The molecule has 0 aromatic carbocycles. The number of carbonyl (C=O) groups excluding carboxylic acids is 1. The number of aromatic nitrogens is 1. The van der Waals surface area contributed by atoms with E-state index in [0.717, 1.165) is 37.9 Å². The van der Waals surface area contributed by atoms with Crippen molar-refractivity contribution < 1.29 is 9.53 Å². The second kappa shape index (κ2) is 6.89. The summed E-state index contributed by atoms with van der Waals surface area (Å²) in [4.78, 5) is 18.6. The van der Waals surface area contributed by atoms with E-state index in [2.05, 4.69) is 15.2 Å². The van der Waals surface area contributed by atoms with Gasteiger partial charge in [-0.15, -0.1) is 0 Å². The second-order valence-electron chi connectivity index (χ2n) is 6.26. The number of rotatable bonds is 6. The maximum atomic E-state index is 12.3. The van der Waals surface area contributed by atoms with Crippen LogP contribution in [-0.2, 0) is 4.79 Å². The Bertz CT molecular complexity index is 465. The number of anilines is 1. The van der Waals surface area contributed by atoms with Gasteiger partial charge in [-0.1, -0.05) is 19.8 Å². The van der Waals surface area contributed by atoms with E-state index < -0.39 is 0 Å². The van der Waals surface area contributed by atoms with Crippen molar-refractivity contribution in [1.29, 1.82) is 0 Å². The SMILES string of the molecule is CN(C)CCOc1ccc(NC(=O)C2(C)CCCC2)cn1. The molecule has 1 aliphatic rings. The van der Waals surface area contributed by atoms with E-state index >= 15 is 0 Å². The van der Waals surface area contributed by atoms with Crippen LogP contribution < -0.4 is 10.1 Å². The number of pyridine rings is 1. The van der Waals surface area contributed by atoms with Crippen LogP contribution in [0.5, 0.6) is 5.88 Å². The van der Waals surface area contributed by atoms with Crippen molar-refractivity contribution in [1.82, 2.24) is 9.88 Å². The summed E-state index contributed by atoms with van der Waals surface area (Å²) in [6, 6.07) is 3.64. The first kappa shape index (κ1) is 15.8. The van der Waals surface area contributed by atoms with Crippen molar-refractivity contribution in [3.05, 3.63) is 18.3 Å². The van der Waals surface area contributed by atoms with Gasteiger partial charge in [0.15, 0.2) is 0 Å². The molecule has 0 bridgehead atoms. The van der Waals surface area contributed by atoms with Crippen LogP contribution >= 0.6 is 0 Å². The third kappa shape index (κ3) is 4.43. The Balaban J connectivity index is 1.86. The predicted octanol–water partition coefficient (Wildman–Crippen LogP) is 2.54. The van der Waals surface area contributed by atoms with Gasteiger partial charge in [0.1, 0.15) is 6.61 Å². The van der Waals surface area contributed by atoms with Gasteiger partial charge in [0, 0.05) is 18.0 Å². The van der Waals surface area contributed by atoms with Crippen molar-refractivity contribution in [2.45, 2.75) is 32.6 Å². The van der Waals surface area contributed by atoms with Crippen LogP contribution in [0.3, 0.4) is 0 Å². The summed E-state index contributed by atoms with van der Waals surface area (Å²) in [5.74, 6) is 0.685. The summed E-state index contributed by atoms with van der Waals surface area (Å²) in [6.07, 6.45) is 5.87. The van der Waals surface area contributed by atoms with E-state index in [1.165, 1.54) is 0 Å². The Morgan fingerprint density at radius 2 is 2.10 bits per heavy atom. The van der Waals surface area contributed by atoms with Crippen molar-refractivity contribution >= 4 is 11.6 Å². The van der Waals surface area contributed by atoms with Gasteiger partial charge in [0.25, 0.3) is 0 Å². The lowest BCUT2D eigenvalue weighted by Gasteiger charge is -2.22. The molecule has 0 atom stereocenters. The average molecular weight is 291 g/mol. The first-order valence-electron chi connectivity index (χ1n) is 7.55. The van der Waals surface area contributed by atoms with E-state index in [0.29, 0.717) is 12.5 Å². The number of hydrogen-bond donors (Lipinski definition) is 1. The molecule has 116 valence electrons. The molecule has 0 unspecified atom stereocenters. The molecular weight excluding hydrogens is 266 g/mol. The fourth-order valence-corrected chi connectivity index (χ4v) is 2.54. The van der Waals surface area contributed by atoms with Gasteiger partial charge in [-0.25, -0.2) is 4.98 Å². The van der Waals surface area contributed by atoms with Crippen LogP contribution in [0, 0.1) is 5.41 Å². The third-order valence-corrected chi connectivity index (χ3v) is 4.04. The molecule has 1 heterocycles. The molecule has 1 aliphatic carbocycles. The number of nitrogens with zero attached hydrogens (tertiary/aromatic N) is 2. The average Bonchev–Trinajstić information content (AvgIpc) is 2.89. The minimum atomic E-state index is -0.221. The van der Waals surface area contributed by atoms with Crippen molar-refractivity contribution in [2.75, 3.05) is 32.6 Å². The maximum absolute atomic E-state index is 12.3. The quantitative estimate of drug-likeness (QED) is 0.875. The summed E-state index contributed by atoms with van der Waals surface area (Å²) in [6.45, 7) is 3.49. The molecule has 0 spiro atoms. The van der Waals surface area contributed by atoms with Crippen LogP contribution in [0.4, 0.5) is 5.69 Å². The zero-order chi connectivity index (χ0) is 15.3. The Hall–Kier alpha value is -1.62. The monoisotopic (exact) mass is 291 g/mol. The molecule has 5 nitrogen and oxygen atoms in total. The lowest BCUT2D eigenvalue weighted by atomic mass is 9.88. The van der Waals surface area contributed by atoms with Gasteiger partial charge >= 0.3 is 0 Å². The molecule has 5 heteroatoms. The van der Waals surface area contributed by atoms with E-state index in [4.69, 9.17) is 4.74 Å². The number of hydrogen-bond acceptors (Lipinski definition) is 4. The van der Waals surface area contributed by atoms with Gasteiger partial charge in [-0.2, -0.15) is 0 Å². The third-order valence-electron chi connectivity index (χ3n) is 4.04. The molecule has 1 amide bonds. The molecule has 1 saturated carbocycles. The molecule has 1 fully saturated rings. The molecule has 0 radical (unpaired) electrons. The highest BCUT2D eigenvalue weighted by molar-refractivity contribution is 5.95. The van der Waals surface area contributed by atoms with E-state index in [1.54, 1.807) is 12.3 Å². The first-order valence-corrected chi connectivity index (χ1v) is 7.55. The minimum Gasteiger partial charge on any atom is -0.476 e. The molecule has 0 saturated heterocycles. The van der Waals surface area contributed by atoms with E-state index in [9.17, 15) is 4.79 Å². The van der Waals surface area contributed by atoms with Gasteiger partial charge in [0.05, 0.1) is 11.9 Å². The minimum absolute atomic E-state index is 0.100. The van der Waals surface area contributed by atoms with Gasteiger partial charge in [-0.05, 0) is 33.0 Å². The highest BCUT2D eigenvalue weighted by Crippen LogP contribution is 2.38. The van der Waals surface area contributed by atoms with Crippen LogP contribution in [0.25, 0.3) is 0 Å². The molecule has 1 aromatic heterocycles. The van der Waals surface area contributed by atoms with Gasteiger partial charge < -0.3 is 15.0 Å². The van der Waals surface area contributed by atoms with Crippen LogP contribution in [-0.4, -0.2) is 43.0 Å². The second-order valence-corrected chi connectivity index (χ2v) is 6.26. The van der Waals surface area contributed by atoms with Gasteiger partial charge in [0.2, 0.25) is 11.8 Å². The summed E-state index contributed by atoms with van der Waals surface area (Å²) in [5.41, 5.74) is 0.508. The number of ether oxygens (including phenoxy) is 1. The zero-order valence-electron chi connectivity index (χ0n) is 13.2. The lowest BCUT2D eigenvalue weighted by molar-refractivity contribution is -0.124. The standard InChI is InChI=1S/C16H25N3O2/c1-16(8-4-5-9-16)15(20)18-13-6-7-14(17-12-13)21-11-10-19(2)3/h6-7,12H,4-5,8-11H2,1-3H3,(H,18,20). The highest BCUT2D eigenvalue weighted by atomic mass is 16.5. The number of carbonyl (C=O) groups is 1. The Kier molecular flexibility index (Phi) is 5.17. The zero-order valence-corrected chi connectivity index (χ0v) is 13.2. The van der Waals surface area contributed by atoms with E-state index in [-0.39, 0.29) is 11.3 Å². The van der Waals surface area contributed by atoms with Crippen molar-refractivity contribution in [3.63, 3.8) is 0 Å². The number of nitrogens with one attached hydrogen (secondary N) is 1. The Morgan fingerprint density at radius 1 is 1.38 bits per heavy atom. The Labute approximate surface area is 126 Å². The lowest BCUT2D eigenvalue weighted by Crippen LogP contribution is -2.30. The van der Waals surface area contributed by atoms with Crippen molar-refractivity contribution in [3.8, 4) is 5.88 Å². The number of amides is 1. The fourth-order valence-electron chi connectivity index (χ4n) is 2.54. The first-order chi connectivity index (χ1) is 9.99. The highest BCUT2D eigenvalue weighted by Gasteiger charge is 2.36. The fraction of sp³-hybridized carbons (Fsp3) is 0.625. The topological polar surface area (TPSA) is 54.5 Å². The molecule has 21 heavy (non-hydrogen) atoms. The maximum Gasteiger partial charge on any atom is 0.230 e. The molecule has 0 aliphatic heterocycles. The molecular formula is C16H25N3O2. The molecule has 1 aromatic rings. The Morgan fingerprint density at radius 3 is 2.67 bits per heavy atom. The smallest absolute Gasteiger partial charge is 0.230 e. The van der Waals surface area contributed by atoms with Crippen LogP contribution in [0.2, 0.25) is 0 Å². The van der Waals surface area contributed by atoms with E-state index in [1.807, 2.05) is 27.1 Å². The summed E-state index contributed by atoms with van der Waals surface area (Å²) in [7, 11) is 4.00. The predicted molar refractivity (Wildman–Crippen MR) is 83.5 cm³/mol. The normalized spacial score (nSPS) is 17.0. The largest absolute Gasteiger partial charge is 0.476 e. The van der Waals surface area contributed by atoms with Gasteiger partial charge in [-0.3, -0.25) is 4.79 Å². The summed E-state index contributed by atoms with van der Waals surface area (Å²) in [5, 5.41) is 2.96.